The topological polar surface area (TPSA) is 93.4 Å². The Labute approximate surface area is 112 Å². The van der Waals surface area contributed by atoms with Gasteiger partial charge in [0, 0.05) is 32.1 Å². The van der Waals surface area contributed by atoms with Gasteiger partial charge in [-0.3, -0.25) is 4.79 Å². The van der Waals surface area contributed by atoms with Crippen LogP contribution >= 0.6 is 0 Å². The number of rotatable bonds is 3. The first-order valence-corrected chi connectivity index (χ1v) is 6.29. The minimum absolute atomic E-state index is 0.0855. The summed E-state index contributed by atoms with van der Waals surface area (Å²) in [7, 11) is 3.22. The second-order valence-corrected chi connectivity index (χ2v) is 4.50. The Morgan fingerprint density at radius 2 is 2.16 bits per heavy atom. The highest BCUT2D eigenvalue weighted by Gasteiger charge is 2.25. The van der Waals surface area contributed by atoms with Gasteiger partial charge in [0.25, 0.3) is 0 Å². The SMILES string of the molecule is CNC(=O)C1CCN(c2cc(OC)nc(N)n2)CC1. The molecule has 0 bridgehead atoms. The van der Waals surface area contributed by atoms with Crippen LogP contribution in [0.25, 0.3) is 0 Å². The minimum atomic E-state index is 0.0855. The number of anilines is 2. The number of aromatic nitrogens is 2. The third kappa shape index (κ3) is 3.04. The van der Waals surface area contributed by atoms with Crippen molar-refractivity contribution in [1.82, 2.24) is 15.3 Å². The molecule has 0 aliphatic carbocycles. The highest BCUT2D eigenvalue weighted by Crippen LogP contribution is 2.24. The Hall–Kier alpha value is -2.05. The van der Waals surface area contributed by atoms with Crippen LogP contribution in [0.15, 0.2) is 6.07 Å². The maximum absolute atomic E-state index is 11.6. The zero-order chi connectivity index (χ0) is 13.8. The molecule has 3 N–H and O–H groups in total. The van der Waals surface area contributed by atoms with Gasteiger partial charge in [-0.15, -0.1) is 0 Å². The summed E-state index contributed by atoms with van der Waals surface area (Å²) in [6.07, 6.45) is 1.62. The molecule has 1 aromatic heterocycles. The maximum Gasteiger partial charge on any atom is 0.225 e. The van der Waals surface area contributed by atoms with Gasteiger partial charge in [-0.25, -0.2) is 0 Å². The molecule has 7 heteroatoms. The summed E-state index contributed by atoms with van der Waals surface area (Å²) in [5.74, 6) is 1.60. The van der Waals surface area contributed by atoms with E-state index in [1.165, 1.54) is 0 Å². The van der Waals surface area contributed by atoms with Gasteiger partial charge in [-0.1, -0.05) is 0 Å². The zero-order valence-corrected chi connectivity index (χ0v) is 11.2. The van der Waals surface area contributed by atoms with E-state index in [1.807, 2.05) is 0 Å². The van der Waals surface area contributed by atoms with E-state index in [4.69, 9.17) is 10.5 Å². The Morgan fingerprint density at radius 3 is 2.74 bits per heavy atom. The molecule has 1 aliphatic heterocycles. The molecular weight excluding hydrogens is 246 g/mol. The van der Waals surface area contributed by atoms with E-state index >= 15 is 0 Å². The van der Waals surface area contributed by atoms with Crippen molar-refractivity contribution < 1.29 is 9.53 Å². The number of hydrogen-bond donors (Lipinski definition) is 2. The van der Waals surface area contributed by atoms with Gasteiger partial charge >= 0.3 is 0 Å². The van der Waals surface area contributed by atoms with Gasteiger partial charge in [0.2, 0.25) is 17.7 Å². The number of nitrogens with one attached hydrogen (secondary N) is 1. The fourth-order valence-corrected chi connectivity index (χ4v) is 2.27. The number of amides is 1. The van der Waals surface area contributed by atoms with Gasteiger partial charge in [-0.2, -0.15) is 9.97 Å². The minimum Gasteiger partial charge on any atom is -0.481 e. The highest BCUT2D eigenvalue weighted by molar-refractivity contribution is 5.78. The standard InChI is InChI=1S/C12H19N5O2/c1-14-11(18)8-3-5-17(6-4-8)9-7-10(19-2)16-12(13)15-9/h7-8H,3-6H2,1-2H3,(H,14,18)(H2,13,15,16). The molecule has 0 spiro atoms. The normalized spacial score (nSPS) is 16.2. The molecule has 7 nitrogen and oxygen atoms in total. The molecule has 1 fully saturated rings. The zero-order valence-electron chi connectivity index (χ0n) is 11.2. The van der Waals surface area contributed by atoms with Crippen LogP contribution < -0.4 is 20.7 Å². The maximum atomic E-state index is 11.6. The van der Waals surface area contributed by atoms with Gasteiger partial charge in [0.1, 0.15) is 5.82 Å². The molecule has 1 aliphatic rings. The van der Waals surface area contributed by atoms with E-state index in [2.05, 4.69) is 20.2 Å². The number of nitrogens with two attached hydrogens (primary N) is 1. The van der Waals surface area contributed by atoms with E-state index in [9.17, 15) is 4.79 Å². The van der Waals surface area contributed by atoms with Crippen LogP contribution in [0, 0.1) is 5.92 Å². The molecule has 1 amide bonds. The highest BCUT2D eigenvalue weighted by atomic mass is 16.5. The summed E-state index contributed by atoms with van der Waals surface area (Å²) in [6, 6.07) is 1.76. The smallest absolute Gasteiger partial charge is 0.225 e. The average molecular weight is 265 g/mol. The molecule has 19 heavy (non-hydrogen) atoms. The van der Waals surface area contributed by atoms with E-state index in [0.717, 1.165) is 31.7 Å². The van der Waals surface area contributed by atoms with Crippen LogP contribution in [-0.2, 0) is 4.79 Å². The lowest BCUT2D eigenvalue weighted by Gasteiger charge is -2.32. The lowest BCUT2D eigenvalue weighted by molar-refractivity contribution is -0.125. The van der Waals surface area contributed by atoms with Gasteiger partial charge in [0.15, 0.2) is 0 Å². The van der Waals surface area contributed by atoms with Crippen LogP contribution in [0.4, 0.5) is 11.8 Å². The number of methoxy groups -OCH3 is 1. The van der Waals surface area contributed by atoms with E-state index in [-0.39, 0.29) is 17.8 Å². The summed E-state index contributed by atoms with van der Waals surface area (Å²) in [5, 5.41) is 2.69. The third-order valence-electron chi connectivity index (χ3n) is 3.35. The fourth-order valence-electron chi connectivity index (χ4n) is 2.27. The van der Waals surface area contributed by atoms with Crippen LogP contribution in [-0.4, -0.2) is 43.1 Å². The molecule has 1 saturated heterocycles. The Balaban J connectivity index is 2.05. The van der Waals surface area contributed by atoms with E-state index in [1.54, 1.807) is 20.2 Å². The predicted octanol–water partition coefficient (Wildman–Crippen LogP) is 0.0298. The molecule has 2 heterocycles. The summed E-state index contributed by atoms with van der Waals surface area (Å²) in [4.78, 5) is 21.8. The van der Waals surface area contributed by atoms with Crippen molar-refractivity contribution in [2.45, 2.75) is 12.8 Å². The molecule has 0 aromatic carbocycles. The number of hydrogen-bond acceptors (Lipinski definition) is 6. The monoisotopic (exact) mass is 265 g/mol. The number of ether oxygens (including phenoxy) is 1. The summed E-state index contributed by atoms with van der Waals surface area (Å²) in [6.45, 7) is 1.55. The Kier molecular flexibility index (Phi) is 4.03. The van der Waals surface area contributed by atoms with Crippen molar-refractivity contribution in [1.29, 1.82) is 0 Å². The summed E-state index contributed by atoms with van der Waals surface area (Å²) in [5.41, 5.74) is 5.65. The molecule has 2 rings (SSSR count). The molecule has 0 atom stereocenters. The number of piperidine rings is 1. The first kappa shape index (κ1) is 13.4. The van der Waals surface area contributed by atoms with Crippen LogP contribution in [0.5, 0.6) is 5.88 Å². The molecule has 1 aromatic rings. The van der Waals surface area contributed by atoms with Crippen LogP contribution in [0.3, 0.4) is 0 Å². The van der Waals surface area contributed by atoms with Gasteiger partial charge < -0.3 is 20.7 Å². The van der Waals surface area contributed by atoms with E-state index in [0.29, 0.717) is 5.88 Å². The van der Waals surface area contributed by atoms with Crippen LogP contribution in [0.2, 0.25) is 0 Å². The van der Waals surface area contributed by atoms with Crippen molar-refractivity contribution in [3.8, 4) is 5.88 Å². The van der Waals surface area contributed by atoms with Crippen molar-refractivity contribution in [3.63, 3.8) is 0 Å². The molecule has 0 saturated carbocycles. The molecule has 104 valence electrons. The lowest BCUT2D eigenvalue weighted by Crippen LogP contribution is -2.40. The largest absolute Gasteiger partial charge is 0.481 e. The Bertz CT molecular complexity index is 457. The Morgan fingerprint density at radius 1 is 1.47 bits per heavy atom. The van der Waals surface area contributed by atoms with Crippen LogP contribution in [0.1, 0.15) is 12.8 Å². The summed E-state index contributed by atoms with van der Waals surface area (Å²) >= 11 is 0. The van der Waals surface area contributed by atoms with Crippen molar-refractivity contribution >= 4 is 17.7 Å². The first-order valence-electron chi connectivity index (χ1n) is 6.29. The second-order valence-electron chi connectivity index (χ2n) is 4.50. The number of nitrogen functional groups attached to an aromatic ring is 1. The van der Waals surface area contributed by atoms with Gasteiger partial charge in [0.05, 0.1) is 7.11 Å². The van der Waals surface area contributed by atoms with Crippen molar-refractivity contribution in [2.24, 2.45) is 5.92 Å². The third-order valence-corrected chi connectivity index (χ3v) is 3.35. The van der Waals surface area contributed by atoms with E-state index < -0.39 is 0 Å². The van der Waals surface area contributed by atoms with Gasteiger partial charge in [-0.05, 0) is 12.8 Å². The van der Waals surface area contributed by atoms with Crippen molar-refractivity contribution in [3.05, 3.63) is 6.07 Å². The molecule has 0 radical (unpaired) electrons. The molecular formula is C12H19N5O2. The quantitative estimate of drug-likeness (QED) is 0.801. The predicted molar refractivity (Wildman–Crippen MR) is 72.0 cm³/mol. The fraction of sp³-hybridized carbons (Fsp3) is 0.583. The van der Waals surface area contributed by atoms with Crippen molar-refractivity contribution in [2.75, 3.05) is 37.9 Å². The second kappa shape index (κ2) is 5.73. The lowest BCUT2D eigenvalue weighted by atomic mass is 9.96. The number of carbonyl (C=O) groups excluding carboxylic acids is 1. The number of carbonyl (C=O) groups is 1. The molecule has 0 unspecified atom stereocenters. The summed E-state index contributed by atoms with van der Waals surface area (Å²) < 4.78 is 5.08. The first-order chi connectivity index (χ1) is 9.13. The average Bonchev–Trinajstić information content (AvgIpc) is 2.46. The number of nitrogens with zero attached hydrogens (tertiary/aromatic N) is 3.